The summed E-state index contributed by atoms with van der Waals surface area (Å²) in [6.45, 7) is 3.60. The Morgan fingerprint density at radius 3 is 2.58 bits per heavy atom. The first kappa shape index (κ1) is 14.4. The molecule has 6 heteroatoms. The maximum atomic E-state index is 13.9. The van der Waals surface area contributed by atoms with Crippen LogP contribution in [0.1, 0.15) is 11.6 Å². The maximum Gasteiger partial charge on any atom is 0.249 e. The van der Waals surface area contributed by atoms with E-state index in [1.165, 1.54) is 12.1 Å². The van der Waals surface area contributed by atoms with E-state index in [1.54, 1.807) is 19.2 Å². The van der Waals surface area contributed by atoms with Gasteiger partial charge in [0.15, 0.2) is 0 Å². The largest absolute Gasteiger partial charge is 0.421 e. The zero-order chi connectivity index (χ0) is 16.7. The summed E-state index contributed by atoms with van der Waals surface area (Å²) >= 11 is 0. The summed E-state index contributed by atoms with van der Waals surface area (Å²) in [5.41, 5.74) is 3.56. The smallest absolute Gasteiger partial charge is 0.249 e. The second kappa shape index (κ2) is 5.49. The molecule has 0 N–H and O–H groups in total. The highest BCUT2D eigenvalue weighted by Crippen LogP contribution is 2.38. The monoisotopic (exact) mass is 320 g/mol. The van der Waals surface area contributed by atoms with Crippen molar-refractivity contribution in [2.75, 3.05) is 0 Å². The number of hydrogen-bond donors (Lipinski definition) is 0. The molecule has 0 bridgehead atoms. The van der Waals surface area contributed by atoms with Crippen LogP contribution in [0, 0.1) is 19.7 Å². The fourth-order valence-corrected chi connectivity index (χ4v) is 2.80. The molecule has 0 aliphatic heterocycles. The first-order valence-corrected chi connectivity index (χ1v) is 7.45. The molecule has 0 fully saturated rings. The fraction of sp³-hybridized carbons (Fsp3) is 0.111. The van der Waals surface area contributed by atoms with Crippen LogP contribution in [0.4, 0.5) is 4.39 Å². The minimum Gasteiger partial charge on any atom is -0.421 e. The van der Waals surface area contributed by atoms with Crippen molar-refractivity contribution in [3.05, 3.63) is 60.0 Å². The van der Waals surface area contributed by atoms with Crippen molar-refractivity contribution in [1.29, 1.82) is 0 Å². The van der Waals surface area contributed by atoms with Crippen LogP contribution in [0.15, 0.2) is 47.0 Å². The second-order valence-corrected chi connectivity index (χ2v) is 5.45. The lowest BCUT2D eigenvalue weighted by molar-refractivity contribution is 0.533. The van der Waals surface area contributed by atoms with Gasteiger partial charge in [0.1, 0.15) is 5.82 Å². The SMILES string of the molecule is Cc1nnc(-c2c(-c3ccccn3)c(C)nc3ccc(F)cc23)o1. The molecule has 1 aromatic carbocycles. The lowest BCUT2D eigenvalue weighted by Crippen LogP contribution is -1.97. The first-order chi connectivity index (χ1) is 11.6. The Morgan fingerprint density at radius 2 is 1.88 bits per heavy atom. The van der Waals surface area contributed by atoms with E-state index in [4.69, 9.17) is 4.42 Å². The third-order valence-electron chi connectivity index (χ3n) is 3.79. The maximum absolute atomic E-state index is 13.9. The Kier molecular flexibility index (Phi) is 3.30. The van der Waals surface area contributed by atoms with E-state index in [0.29, 0.717) is 28.2 Å². The van der Waals surface area contributed by atoms with Gasteiger partial charge >= 0.3 is 0 Å². The minimum absolute atomic E-state index is 0.328. The van der Waals surface area contributed by atoms with Crippen LogP contribution in [0.25, 0.3) is 33.6 Å². The van der Waals surface area contributed by atoms with Gasteiger partial charge in [0, 0.05) is 29.8 Å². The number of pyridine rings is 2. The van der Waals surface area contributed by atoms with E-state index in [9.17, 15) is 4.39 Å². The van der Waals surface area contributed by atoms with E-state index in [1.807, 2.05) is 25.1 Å². The number of hydrogen-bond acceptors (Lipinski definition) is 5. The molecule has 0 saturated carbocycles. The van der Waals surface area contributed by atoms with Crippen LogP contribution in [0.5, 0.6) is 0 Å². The van der Waals surface area contributed by atoms with Crippen molar-refractivity contribution >= 4 is 10.9 Å². The molecular formula is C18H13FN4O. The van der Waals surface area contributed by atoms with Crippen LogP contribution >= 0.6 is 0 Å². The van der Waals surface area contributed by atoms with Crippen LogP contribution in [-0.4, -0.2) is 20.2 Å². The zero-order valence-electron chi connectivity index (χ0n) is 13.1. The third-order valence-corrected chi connectivity index (χ3v) is 3.79. The number of aryl methyl sites for hydroxylation is 2. The molecule has 0 radical (unpaired) electrons. The molecule has 4 aromatic rings. The lowest BCUT2D eigenvalue weighted by Gasteiger charge is -2.12. The Bertz CT molecular complexity index is 1040. The molecule has 3 aromatic heterocycles. The van der Waals surface area contributed by atoms with Gasteiger partial charge in [-0.05, 0) is 37.3 Å². The molecule has 118 valence electrons. The molecule has 0 aliphatic rings. The number of fused-ring (bicyclic) bond motifs is 1. The normalized spacial score (nSPS) is 11.1. The average Bonchev–Trinajstić information content (AvgIpc) is 3.01. The van der Waals surface area contributed by atoms with Gasteiger partial charge in [0.2, 0.25) is 11.8 Å². The van der Waals surface area contributed by atoms with Crippen molar-refractivity contribution in [2.45, 2.75) is 13.8 Å². The lowest BCUT2D eigenvalue weighted by atomic mass is 9.97. The van der Waals surface area contributed by atoms with Crippen molar-refractivity contribution in [2.24, 2.45) is 0 Å². The Balaban J connectivity index is 2.16. The Labute approximate surface area is 137 Å². The van der Waals surface area contributed by atoms with Gasteiger partial charge < -0.3 is 4.42 Å². The van der Waals surface area contributed by atoms with Gasteiger partial charge in [0.05, 0.1) is 16.8 Å². The molecule has 3 heterocycles. The minimum atomic E-state index is -0.349. The average molecular weight is 320 g/mol. The van der Waals surface area contributed by atoms with E-state index in [-0.39, 0.29) is 5.82 Å². The Morgan fingerprint density at radius 1 is 1.00 bits per heavy atom. The van der Waals surface area contributed by atoms with E-state index in [0.717, 1.165) is 17.0 Å². The van der Waals surface area contributed by atoms with Gasteiger partial charge in [-0.25, -0.2) is 4.39 Å². The van der Waals surface area contributed by atoms with Gasteiger partial charge in [-0.2, -0.15) is 0 Å². The van der Waals surface area contributed by atoms with Crippen molar-refractivity contribution in [1.82, 2.24) is 20.2 Å². The third kappa shape index (κ3) is 2.32. The molecule has 0 amide bonds. The highest BCUT2D eigenvalue weighted by atomic mass is 19.1. The highest BCUT2D eigenvalue weighted by Gasteiger charge is 2.21. The summed E-state index contributed by atoms with van der Waals surface area (Å²) in [6, 6.07) is 10.1. The second-order valence-electron chi connectivity index (χ2n) is 5.45. The van der Waals surface area contributed by atoms with E-state index >= 15 is 0 Å². The molecule has 0 saturated heterocycles. The van der Waals surface area contributed by atoms with Crippen LogP contribution in [-0.2, 0) is 0 Å². The van der Waals surface area contributed by atoms with Gasteiger partial charge in [-0.1, -0.05) is 6.07 Å². The summed E-state index contributed by atoms with van der Waals surface area (Å²) in [4.78, 5) is 9.00. The summed E-state index contributed by atoms with van der Waals surface area (Å²) in [5, 5.41) is 8.65. The van der Waals surface area contributed by atoms with Gasteiger partial charge in [-0.3, -0.25) is 9.97 Å². The van der Waals surface area contributed by atoms with E-state index < -0.39 is 0 Å². The van der Waals surface area contributed by atoms with Crippen molar-refractivity contribution in [3.8, 4) is 22.7 Å². The Hall–Kier alpha value is -3.15. The number of benzene rings is 1. The zero-order valence-corrected chi connectivity index (χ0v) is 13.1. The molecular weight excluding hydrogens is 307 g/mol. The number of aromatic nitrogens is 4. The fourth-order valence-electron chi connectivity index (χ4n) is 2.80. The molecule has 4 rings (SSSR count). The standard InChI is InChI=1S/C18H13FN4O/c1-10-16(15-5-3-4-8-20-15)17(18-23-22-11(2)24-18)13-9-12(19)6-7-14(13)21-10/h3-9H,1-2H3. The summed E-state index contributed by atoms with van der Waals surface area (Å²) < 4.78 is 19.5. The van der Waals surface area contributed by atoms with Gasteiger partial charge in [-0.15, -0.1) is 10.2 Å². The highest BCUT2D eigenvalue weighted by molar-refractivity contribution is 6.00. The number of rotatable bonds is 2. The van der Waals surface area contributed by atoms with Gasteiger partial charge in [0.25, 0.3) is 0 Å². The summed E-state index contributed by atoms with van der Waals surface area (Å²) in [6.07, 6.45) is 1.70. The number of halogens is 1. The van der Waals surface area contributed by atoms with Crippen molar-refractivity contribution in [3.63, 3.8) is 0 Å². The molecule has 0 aliphatic carbocycles. The molecule has 0 unspecified atom stereocenters. The van der Waals surface area contributed by atoms with Crippen LogP contribution < -0.4 is 0 Å². The molecule has 0 spiro atoms. The molecule has 0 atom stereocenters. The van der Waals surface area contributed by atoms with Crippen LogP contribution in [0.3, 0.4) is 0 Å². The molecule has 24 heavy (non-hydrogen) atoms. The predicted octanol–water partition coefficient (Wildman–Crippen LogP) is 4.10. The van der Waals surface area contributed by atoms with Crippen molar-refractivity contribution < 1.29 is 8.81 Å². The van der Waals surface area contributed by atoms with Crippen LogP contribution in [0.2, 0.25) is 0 Å². The predicted molar refractivity (Wildman–Crippen MR) is 87.7 cm³/mol. The van der Waals surface area contributed by atoms with E-state index in [2.05, 4.69) is 20.2 Å². The summed E-state index contributed by atoms with van der Waals surface area (Å²) in [5.74, 6) is 0.419. The summed E-state index contributed by atoms with van der Waals surface area (Å²) in [7, 11) is 0. The quantitative estimate of drug-likeness (QED) is 0.556. The first-order valence-electron chi connectivity index (χ1n) is 7.45. The number of nitrogens with zero attached hydrogens (tertiary/aromatic N) is 4. The topological polar surface area (TPSA) is 64.7 Å². The molecule has 5 nitrogen and oxygen atoms in total.